The van der Waals surface area contributed by atoms with Crippen LogP contribution in [0.25, 0.3) is 0 Å². The van der Waals surface area contributed by atoms with E-state index in [9.17, 15) is 19.7 Å². The molecule has 3 rings (SSSR count). The summed E-state index contributed by atoms with van der Waals surface area (Å²) in [7, 11) is 0. The quantitative estimate of drug-likeness (QED) is 0.509. The third kappa shape index (κ3) is 4.09. The first-order chi connectivity index (χ1) is 12.6. The molecule has 0 bridgehead atoms. The van der Waals surface area contributed by atoms with Crippen molar-refractivity contribution >= 4 is 23.2 Å². The smallest absolute Gasteiger partial charge is 0.269 e. The molecule has 7 heteroatoms. The molecule has 0 saturated carbocycles. The molecule has 1 aliphatic carbocycles. The highest BCUT2D eigenvalue weighted by molar-refractivity contribution is 5.96. The van der Waals surface area contributed by atoms with E-state index >= 15 is 0 Å². The third-order valence-electron chi connectivity index (χ3n) is 5.10. The van der Waals surface area contributed by atoms with E-state index in [-0.39, 0.29) is 23.4 Å². The number of rotatable bonds is 4. The predicted octanol–water partition coefficient (Wildman–Crippen LogP) is 3.13. The number of anilines is 1. The molecule has 2 atom stereocenters. The van der Waals surface area contributed by atoms with Crippen LogP contribution in [0.5, 0.6) is 0 Å². The molecular formula is C19H23N3O4. The maximum atomic E-state index is 12.9. The summed E-state index contributed by atoms with van der Waals surface area (Å²) in [4.78, 5) is 37.7. The van der Waals surface area contributed by atoms with Gasteiger partial charge in [-0.3, -0.25) is 19.7 Å². The number of hydrogen-bond donors (Lipinski definition) is 1. The lowest BCUT2D eigenvalue weighted by Crippen LogP contribution is -2.45. The van der Waals surface area contributed by atoms with Crippen LogP contribution in [-0.2, 0) is 9.59 Å². The van der Waals surface area contributed by atoms with E-state index < -0.39 is 10.8 Å². The van der Waals surface area contributed by atoms with Crippen LogP contribution in [0.3, 0.4) is 0 Å². The molecule has 1 saturated heterocycles. The van der Waals surface area contributed by atoms with Crippen molar-refractivity contribution < 1.29 is 14.5 Å². The average molecular weight is 357 g/mol. The molecular weight excluding hydrogens is 334 g/mol. The van der Waals surface area contributed by atoms with Gasteiger partial charge >= 0.3 is 0 Å². The van der Waals surface area contributed by atoms with Crippen LogP contribution in [-0.4, -0.2) is 34.7 Å². The first kappa shape index (κ1) is 18.1. The molecule has 2 aliphatic rings. The van der Waals surface area contributed by atoms with Gasteiger partial charge in [-0.1, -0.05) is 12.2 Å². The molecule has 2 unspecified atom stereocenters. The lowest BCUT2D eigenvalue weighted by atomic mass is 9.81. The number of nitro benzene ring substituents is 1. The molecule has 1 heterocycles. The molecule has 26 heavy (non-hydrogen) atoms. The zero-order valence-corrected chi connectivity index (χ0v) is 14.6. The Morgan fingerprint density at radius 1 is 1.00 bits per heavy atom. The van der Waals surface area contributed by atoms with Gasteiger partial charge in [0.2, 0.25) is 11.8 Å². The number of carbonyl (C=O) groups is 2. The van der Waals surface area contributed by atoms with Crippen LogP contribution >= 0.6 is 0 Å². The van der Waals surface area contributed by atoms with Crippen molar-refractivity contribution in [1.82, 2.24) is 4.90 Å². The molecule has 1 aliphatic heterocycles. The minimum Gasteiger partial charge on any atom is -0.342 e. The fraction of sp³-hybridized carbons (Fsp3) is 0.474. The number of nitro groups is 1. The molecule has 1 aromatic rings. The molecule has 0 radical (unpaired) electrons. The lowest BCUT2D eigenvalue weighted by molar-refractivity contribution is -0.384. The van der Waals surface area contributed by atoms with Gasteiger partial charge in [0.05, 0.1) is 16.8 Å². The summed E-state index contributed by atoms with van der Waals surface area (Å²) in [6.07, 6.45) is 8.22. The van der Waals surface area contributed by atoms with Gasteiger partial charge in [-0.2, -0.15) is 0 Å². The van der Waals surface area contributed by atoms with Crippen molar-refractivity contribution in [3.05, 3.63) is 46.5 Å². The molecule has 1 fully saturated rings. The Hall–Kier alpha value is -2.70. The number of non-ortho nitro benzene ring substituents is 1. The molecule has 0 spiro atoms. The predicted molar refractivity (Wildman–Crippen MR) is 97.5 cm³/mol. The number of benzene rings is 1. The summed E-state index contributed by atoms with van der Waals surface area (Å²) in [5, 5.41) is 13.5. The van der Waals surface area contributed by atoms with E-state index in [1.165, 1.54) is 24.3 Å². The first-order valence-corrected chi connectivity index (χ1v) is 9.05. The summed E-state index contributed by atoms with van der Waals surface area (Å²) in [6, 6.07) is 5.73. The Balaban J connectivity index is 1.68. The maximum Gasteiger partial charge on any atom is 0.269 e. The van der Waals surface area contributed by atoms with Crippen LogP contribution < -0.4 is 5.32 Å². The standard InChI is InChI=1S/C19H23N3O4/c23-18(20-14-8-10-15(11-9-14)22(25)26)16-6-2-3-7-17(16)19(24)21-12-4-1-5-13-21/h2-3,8-11,16-17H,1,4-7,12-13H2,(H,20,23). The van der Waals surface area contributed by atoms with Gasteiger partial charge in [-0.15, -0.1) is 0 Å². The van der Waals surface area contributed by atoms with E-state index in [2.05, 4.69) is 5.32 Å². The Kier molecular flexibility index (Phi) is 5.65. The van der Waals surface area contributed by atoms with Gasteiger partial charge in [-0.05, 0) is 44.2 Å². The highest BCUT2D eigenvalue weighted by Crippen LogP contribution is 2.30. The van der Waals surface area contributed by atoms with Gasteiger partial charge < -0.3 is 10.2 Å². The summed E-state index contributed by atoms with van der Waals surface area (Å²) in [6.45, 7) is 1.55. The Labute approximate surface area is 152 Å². The van der Waals surface area contributed by atoms with Crippen molar-refractivity contribution in [3.63, 3.8) is 0 Å². The SMILES string of the molecule is O=C(Nc1ccc([N+](=O)[O-])cc1)C1CC=CCC1C(=O)N1CCCCC1. The molecule has 7 nitrogen and oxygen atoms in total. The van der Waals surface area contributed by atoms with Gasteiger partial charge in [0.25, 0.3) is 5.69 Å². The first-order valence-electron chi connectivity index (χ1n) is 9.05. The fourth-order valence-electron chi connectivity index (χ4n) is 3.63. The topological polar surface area (TPSA) is 92.5 Å². The number of hydrogen-bond acceptors (Lipinski definition) is 4. The Morgan fingerprint density at radius 3 is 2.23 bits per heavy atom. The van der Waals surface area contributed by atoms with Crippen molar-refractivity contribution in [1.29, 1.82) is 0 Å². The van der Waals surface area contributed by atoms with Gasteiger partial charge in [0.1, 0.15) is 0 Å². The van der Waals surface area contributed by atoms with Gasteiger partial charge in [0, 0.05) is 30.9 Å². The van der Waals surface area contributed by atoms with E-state index in [0.29, 0.717) is 18.5 Å². The van der Waals surface area contributed by atoms with E-state index in [1.54, 1.807) is 0 Å². The molecule has 138 valence electrons. The summed E-state index contributed by atoms with van der Waals surface area (Å²) >= 11 is 0. The van der Waals surface area contributed by atoms with Gasteiger partial charge in [-0.25, -0.2) is 0 Å². The van der Waals surface area contributed by atoms with E-state index in [1.807, 2.05) is 17.1 Å². The molecule has 1 N–H and O–H groups in total. The Morgan fingerprint density at radius 2 is 1.62 bits per heavy atom. The largest absolute Gasteiger partial charge is 0.342 e. The van der Waals surface area contributed by atoms with Crippen molar-refractivity contribution in [3.8, 4) is 0 Å². The monoisotopic (exact) mass is 357 g/mol. The Bertz CT molecular complexity index is 708. The number of piperidine rings is 1. The number of amides is 2. The normalized spacial score (nSPS) is 22.7. The van der Waals surface area contributed by atoms with Crippen LogP contribution in [0.4, 0.5) is 11.4 Å². The number of nitrogens with one attached hydrogen (secondary N) is 1. The second-order valence-electron chi connectivity index (χ2n) is 6.83. The molecule has 0 aromatic heterocycles. The number of allylic oxidation sites excluding steroid dienone is 2. The fourth-order valence-corrected chi connectivity index (χ4v) is 3.63. The summed E-state index contributed by atoms with van der Waals surface area (Å²) in [5.74, 6) is -0.891. The highest BCUT2D eigenvalue weighted by atomic mass is 16.6. The number of carbonyl (C=O) groups excluding carboxylic acids is 2. The van der Waals surface area contributed by atoms with Crippen molar-refractivity contribution in [2.75, 3.05) is 18.4 Å². The van der Waals surface area contributed by atoms with Crippen LogP contribution in [0.15, 0.2) is 36.4 Å². The zero-order valence-electron chi connectivity index (χ0n) is 14.6. The minimum absolute atomic E-state index is 0.0262. The number of likely N-dealkylation sites (tertiary alicyclic amines) is 1. The van der Waals surface area contributed by atoms with E-state index in [0.717, 1.165) is 32.4 Å². The second kappa shape index (κ2) is 8.12. The lowest BCUT2D eigenvalue weighted by Gasteiger charge is -2.34. The average Bonchev–Trinajstić information content (AvgIpc) is 2.68. The number of nitrogens with zero attached hydrogens (tertiary/aromatic N) is 2. The van der Waals surface area contributed by atoms with Crippen LogP contribution in [0, 0.1) is 22.0 Å². The summed E-state index contributed by atoms with van der Waals surface area (Å²) < 4.78 is 0. The highest BCUT2D eigenvalue weighted by Gasteiger charge is 2.36. The minimum atomic E-state index is -0.481. The van der Waals surface area contributed by atoms with Crippen molar-refractivity contribution in [2.45, 2.75) is 32.1 Å². The van der Waals surface area contributed by atoms with Crippen molar-refractivity contribution in [2.24, 2.45) is 11.8 Å². The third-order valence-corrected chi connectivity index (χ3v) is 5.10. The van der Waals surface area contributed by atoms with Crippen LogP contribution in [0.2, 0.25) is 0 Å². The molecule has 2 amide bonds. The zero-order chi connectivity index (χ0) is 18.5. The van der Waals surface area contributed by atoms with Crippen LogP contribution in [0.1, 0.15) is 32.1 Å². The summed E-state index contributed by atoms with van der Waals surface area (Å²) in [5.41, 5.74) is 0.473. The van der Waals surface area contributed by atoms with E-state index in [4.69, 9.17) is 0 Å². The van der Waals surface area contributed by atoms with Gasteiger partial charge in [0.15, 0.2) is 0 Å². The molecule has 1 aromatic carbocycles. The second-order valence-corrected chi connectivity index (χ2v) is 6.83. The maximum absolute atomic E-state index is 12.9.